The average Bonchev–Trinajstić information content (AvgIpc) is 3.17. The summed E-state index contributed by atoms with van der Waals surface area (Å²) >= 11 is 0. The molecule has 0 unspecified atom stereocenters. The Morgan fingerprint density at radius 3 is 2.20 bits per heavy atom. The van der Waals surface area contributed by atoms with Crippen LogP contribution in [0.5, 0.6) is 0 Å². The van der Waals surface area contributed by atoms with Gasteiger partial charge in [-0.25, -0.2) is 0 Å². The van der Waals surface area contributed by atoms with E-state index in [1.807, 2.05) is 53.4 Å². The molecule has 3 rings (SSSR count). The van der Waals surface area contributed by atoms with E-state index in [4.69, 9.17) is 5.26 Å². The lowest BCUT2D eigenvalue weighted by molar-refractivity contribution is -0.138. The molecular weight excluding hydrogens is 308 g/mol. The maximum absolute atomic E-state index is 13.6. The Labute approximate surface area is 149 Å². The topological polar surface area (TPSA) is 44.1 Å². The van der Waals surface area contributed by atoms with Crippen molar-refractivity contribution in [3.05, 3.63) is 71.8 Å². The molecule has 2 aromatic carbocycles. The van der Waals surface area contributed by atoms with Gasteiger partial charge < -0.3 is 4.90 Å². The van der Waals surface area contributed by atoms with E-state index in [2.05, 4.69) is 18.2 Å². The largest absolute Gasteiger partial charge is 0.337 e. The van der Waals surface area contributed by atoms with Gasteiger partial charge in [-0.1, -0.05) is 73.5 Å². The third kappa shape index (κ3) is 3.74. The highest BCUT2D eigenvalue weighted by atomic mass is 16.2. The Morgan fingerprint density at radius 1 is 1.00 bits per heavy atom. The fourth-order valence-corrected chi connectivity index (χ4v) is 3.91. The number of rotatable bonds is 6. The first-order valence-electron chi connectivity index (χ1n) is 9.02. The molecule has 3 heteroatoms. The van der Waals surface area contributed by atoms with Crippen molar-refractivity contribution in [3.8, 4) is 6.07 Å². The summed E-state index contributed by atoms with van der Waals surface area (Å²) in [4.78, 5) is 15.5. The average molecular weight is 332 g/mol. The van der Waals surface area contributed by atoms with Crippen molar-refractivity contribution in [1.82, 2.24) is 4.90 Å². The lowest BCUT2D eigenvalue weighted by atomic mass is 9.77. The maximum Gasteiger partial charge on any atom is 0.233 e. The highest BCUT2D eigenvalue weighted by Crippen LogP contribution is 2.42. The number of nitriles is 1. The first kappa shape index (κ1) is 17.2. The molecule has 0 heterocycles. The molecule has 0 aliphatic heterocycles. The summed E-state index contributed by atoms with van der Waals surface area (Å²) in [6, 6.07) is 22.4. The molecule has 0 saturated heterocycles. The molecule has 128 valence electrons. The van der Waals surface area contributed by atoms with Gasteiger partial charge in [0.05, 0.1) is 17.9 Å². The Balaban J connectivity index is 1.90. The summed E-state index contributed by atoms with van der Waals surface area (Å²) in [5.41, 5.74) is 1.80. The van der Waals surface area contributed by atoms with Crippen LogP contribution in [0.1, 0.15) is 43.2 Å². The van der Waals surface area contributed by atoms with E-state index in [1.54, 1.807) is 0 Å². The van der Waals surface area contributed by atoms with Crippen LogP contribution in [0.3, 0.4) is 0 Å². The lowest BCUT2D eigenvalue weighted by Crippen LogP contribution is -2.45. The van der Waals surface area contributed by atoms with E-state index < -0.39 is 5.41 Å². The van der Waals surface area contributed by atoms with Crippen molar-refractivity contribution in [2.75, 3.05) is 6.54 Å². The number of carbonyl (C=O) groups excluding carboxylic acids is 1. The molecule has 2 aromatic rings. The van der Waals surface area contributed by atoms with Gasteiger partial charge in [0, 0.05) is 13.1 Å². The fraction of sp³-hybridized carbons (Fsp3) is 0.364. The zero-order chi connectivity index (χ0) is 17.5. The zero-order valence-corrected chi connectivity index (χ0v) is 14.5. The lowest BCUT2D eigenvalue weighted by Gasteiger charge is -2.35. The number of nitrogens with zero attached hydrogens (tertiary/aromatic N) is 2. The second-order valence-corrected chi connectivity index (χ2v) is 6.78. The number of benzene rings is 2. The summed E-state index contributed by atoms with van der Waals surface area (Å²) in [6.45, 7) is 1.05. The van der Waals surface area contributed by atoms with E-state index in [1.165, 1.54) is 0 Å². The minimum Gasteiger partial charge on any atom is -0.337 e. The van der Waals surface area contributed by atoms with E-state index in [0.717, 1.165) is 36.8 Å². The smallest absolute Gasteiger partial charge is 0.233 e. The standard InChI is InChI=1S/C22H24N2O/c23-16-9-17-24(18-19-10-3-1-4-11-19)21(25)22(14-7-8-15-22)20-12-5-2-6-13-20/h1-6,10-13H,7-9,14-15,17-18H2. The van der Waals surface area contributed by atoms with Gasteiger partial charge in [0.25, 0.3) is 0 Å². The molecule has 3 nitrogen and oxygen atoms in total. The normalized spacial score (nSPS) is 15.5. The van der Waals surface area contributed by atoms with Gasteiger partial charge in [-0.2, -0.15) is 5.26 Å². The van der Waals surface area contributed by atoms with Crippen LogP contribution in [-0.4, -0.2) is 17.4 Å². The Bertz CT molecular complexity index is 728. The van der Waals surface area contributed by atoms with Crippen LogP contribution >= 0.6 is 0 Å². The first-order valence-corrected chi connectivity index (χ1v) is 9.02. The van der Waals surface area contributed by atoms with Gasteiger partial charge in [0.1, 0.15) is 0 Å². The van der Waals surface area contributed by atoms with Crippen molar-refractivity contribution < 1.29 is 4.79 Å². The van der Waals surface area contributed by atoms with Gasteiger partial charge in [0.2, 0.25) is 5.91 Å². The molecular formula is C22H24N2O. The number of hydrogen-bond acceptors (Lipinski definition) is 2. The summed E-state index contributed by atoms with van der Waals surface area (Å²) in [7, 11) is 0. The quantitative estimate of drug-likeness (QED) is 0.785. The third-order valence-corrected chi connectivity index (χ3v) is 5.19. The maximum atomic E-state index is 13.6. The zero-order valence-electron chi connectivity index (χ0n) is 14.5. The molecule has 0 bridgehead atoms. The Morgan fingerprint density at radius 2 is 1.60 bits per heavy atom. The molecule has 0 N–H and O–H groups in total. The fourth-order valence-electron chi connectivity index (χ4n) is 3.91. The van der Waals surface area contributed by atoms with E-state index in [9.17, 15) is 4.79 Å². The number of amides is 1. The monoisotopic (exact) mass is 332 g/mol. The minimum absolute atomic E-state index is 0.176. The van der Waals surface area contributed by atoms with Crippen LogP contribution in [0.4, 0.5) is 0 Å². The molecule has 1 aliphatic carbocycles. The molecule has 0 aromatic heterocycles. The Kier molecular flexibility index (Phi) is 5.50. The minimum atomic E-state index is -0.425. The molecule has 1 saturated carbocycles. The van der Waals surface area contributed by atoms with E-state index >= 15 is 0 Å². The van der Waals surface area contributed by atoms with Crippen LogP contribution in [0, 0.1) is 11.3 Å². The predicted molar refractivity (Wildman–Crippen MR) is 98.7 cm³/mol. The SMILES string of the molecule is N#CCCN(Cc1ccccc1)C(=O)C1(c2ccccc2)CCCC1. The molecule has 0 radical (unpaired) electrons. The van der Waals surface area contributed by atoms with Crippen molar-refractivity contribution in [1.29, 1.82) is 5.26 Å². The van der Waals surface area contributed by atoms with E-state index in [-0.39, 0.29) is 5.91 Å². The molecule has 0 spiro atoms. The summed E-state index contributed by atoms with van der Waals surface area (Å²) < 4.78 is 0. The highest BCUT2D eigenvalue weighted by Gasteiger charge is 2.44. The molecule has 0 atom stereocenters. The van der Waals surface area contributed by atoms with Crippen LogP contribution < -0.4 is 0 Å². The van der Waals surface area contributed by atoms with Gasteiger partial charge in [0.15, 0.2) is 0 Å². The Hall–Kier alpha value is -2.60. The molecule has 25 heavy (non-hydrogen) atoms. The van der Waals surface area contributed by atoms with Gasteiger partial charge in [-0.15, -0.1) is 0 Å². The molecule has 1 fully saturated rings. The van der Waals surface area contributed by atoms with Crippen molar-refractivity contribution >= 4 is 5.91 Å². The molecule has 1 amide bonds. The van der Waals surface area contributed by atoms with Crippen molar-refractivity contribution in [2.45, 2.75) is 44.1 Å². The van der Waals surface area contributed by atoms with Gasteiger partial charge in [-0.3, -0.25) is 4.79 Å². The van der Waals surface area contributed by atoms with Crippen LogP contribution in [0.2, 0.25) is 0 Å². The van der Waals surface area contributed by atoms with E-state index in [0.29, 0.717) is 19.5 Å². The summed E-state index contributed by atoms with van der Waals surface area (Å²) in [5, 5.41) is 9.02. The van der Waals surface area contributed by atoms with Crippen molar-refractivity contribution in [2.24, 2.45) is 0 Å². The number of hydrogen-bond donors (Lipinski definition) is 0. The molecule has 1 aliphatic rings. The number of carbonyl (C=O) groups is 1. The second kappa shape index (κ2) is 7.98. The third-order valence-electron chi connectivity index (χ3n) is 5.19. The second-order valence-electron chi connectivity index (χ2n) is 6.78. The van der Waals surface area contributed by atoms with Crippen LogP contribution in [-0.2, 0) is 16.8 Å². The summed E-state index contributed by atoms with van der Waals surface area (Å²) in [6.07, 6.45) is 4.32. The van der Waals surface area contributed by atoms with Gasteiger partial charge in [-0.05, 0) is 24.0 Å². The highest BCUT2D eigenvalue weighted by molar-refractivity contribution is 5.88. The van der Waals surface area contributed by atoms with Crippen molar-refractivity contribution in [3.63, 3.8) is 0 Å². The van der Waals surface area contributed by atoms with Crippen LogP contribution in [0.25, 0.3) is 0 Å². The first-order chi connectivity index (χ1) is 12.3. The van der Waals surface area contributed by atoms with Gasteiger partial charge >= 0.3 is 0 Å². The summed E-state index contributed by atoms with van der Waals surface area (Å²) in [5.74, 6) is 0.176. The predicted octanol–water partition coefficient (Wildman–Crippen LogP) is 4.44. The van der Waals surface area contributed by atoms with Crippen LogP contribution in [0.15, 0.2) is 60.7 Å².